The number of aryl methyl sites for hydroxylation is 2. The zero-order valence-electron chi connectivity index (χ0n) is 13.3. The van der Waals surface area contributed by atoms with E-state index in [1.807, 2.05) is 33.8 Å². The van der Waals surface area contributed by atoms with Gasteiger partial charge in [-0.3, -0.25) is 0 Å². The zero-order valence-corrected chi connectivity index (χ0v) is 13.3. The van der Waals surface area contributed by atoms with E-state index in [1.165, 1.54) is 5.57 Å². The summed E-state index contributed by atoms with van der Waals surface area (Å²) < 4.78 is 5.82. The average molecular weight is 296 g/mol. The van der Waals surface area contributed by atoms with E-state index in [4.69, 9.17) is 4.42 Å². The number of hydrogen-bond donors (Lipinski definition) is 2. The van der Waals surface area contributed by atoms with E-state index < -0.39 is 0 Å². The van der Waals surface area contributed by atoms with E-state index in [2.05, 4.69) is 6.08 Å². The molecule has 0 spiro atoms. The first kappa shape index (κ1) is 14.5. The minimum atomic E-state index is 0.218. The minimum absolute atomic E-state index is 0.218. The van der Waals surface area contributed by atoms with Gasteiger partial charge >= 0.3 is 0 Å². The summed E-state index contributed by atoms with van der Waals surface area (Å²) in [5.41, 5.74) is 5.22. The molecule has 0 aliphatic carbocycles. The predicted molar refractivity (Wildman–Crippen MR) is 89.7 cm³/mol. The Morgan fingerprint density at radius 1 is 1.00 bits per heavy atom. The summed E-state index contributed by atoms with van der Waals surface area (Å²) in [7, 11) is 0. The number of phenolic OH excluding ortho intramolecular Hbond substituents is 2. The molecule has 3 nitrogen and oxygen atoms in total. The van der Waals surface area contributed by atoms with Crippen LogP contribution in [0.4, 0.5) is 0 Å². The lowest BCUT2D eigenvalue weighted by molar-refractivity contribution is 0.468. The van der Waals surface area contributed by atoms with E-state index in [1.54, 1.807) is 12.1 Å². The van der Waals surface area contributed by atoms with Gasteiger partial charge in [0.2, 0.25) is 0 Å². The molecule has 0 bridgehead atoms. The third kappa shape index (κ3) is 2.23. The molecule has 0 unspecified atom stereocenters. The third-order valence-electron chi connectivity index (χ3n) is 4.06. The molecule has 3 aromatic rings. The van der Waals surface area contributed by atoms with Gasteiger partial charge in [-0.15, -0.1) is 0 Å². The van der Waals surface area contributed by atoms with Crippen LogP contribution in [0.1, 0.15) is 30.5 Å². The molecule has 0 amide bonds. The van der Waals surface area contributed by atoms with Crippen molar-refractivity contribution in [3.05, 3.63) is 46.5 Å². The highest BCUT2D eigenvalue weighted by Gasteiger charge is 2.18. The summed E-state index contributed by atoms with van der Waals surface area (Å²) in [6.45, 7) is 7.95. The summed E-state index contributed by atoms with van der Waals surface area (Å²) in [6.07, 6.45) is 2.75. The fourth-order valence-corrected chi connectivity index (χ4v) is 2.95. The van der Waals surface area contributed by atoms with Gasteiger partial charge in [0.1, 0.15) is 22.7 Å². The quantitative estimate of drug-likeness (QED) is 0.645. The van der Waals surface area contributed by atoms with E-state index in [0.29, 0.717) is 17.6 Å². The van der Waals surface area contributed by atoms with Gasteiger partial charge < -0.3 is 14.6 Å². The Labute approximate surface area is 129 Å². The van der Waals surface area contributed by atoms with Crippen molar-refractivity contribution < 1.29 is 14.6 Å². The van der Waals surface area contributed by atoms with Crippen LogP contribution in [0.25, 0.3) is 21.9 Å². The topological polar surface area (TPSA) is 53.6 Å². The van der Waals surface area contributed by atoms with Crippen molar-refractivity contribution in [2.24, 2.45) is 0 Å². The third-order valence-corrected chi connectivity index (χ3v) is 4.06. The normalized spacial score (nSPS) is 11.3. The van der Waals surface area contributed by atoms with Crippen LogP contribution in [0, 0.1) is 13.8 Å². The van der Waals surface area contributed by atoms with E-state index in [0.717, 1.165) is 27.5 Å². The van der Waals surface area contributed by atoms with Crippen LogP contribution in [-0.2, 0) is 6.42 Å². The minimum Gasteiger partial charge on any atom is -0.508 e. The number of phenols is 2. The van der Waals surface area contributed by atoms with Crippen molar-refractivity contribution in [2.45, 2.75) is 34.1 Å². The Kier molecular flexibility index (Phi) is 3.36. The van der Waals surface area contributed by atoms with Crippen molar-refractivity contribution >= 4 is 21.9 Å². The number of hydrogen-bond acceptors (Lipinski definition) is 3. The second kappa shape index (κ2) is 5.09. The number of rotatable bonds is 2. The predicted octanol–water partition coefficient (Wildman–Crippen LogP) is 5.12. The highest BCUT2D eigenvalue weighted by atomic mass is 16.3. The molecule has 3 rings (SSSR count). The molecular formula is C19H20O3. The number of benzene rings is 2. The number of fused-ring (bicyclic) bond motifs is 3. The Hall–Kier alpha value is -2.42. The highest BCUT2D eigenvalue weighted by Crippen LogP contribution is 2.41. The summed E-state index contributed by atoms with van der Waals surface area (Å²) in [5.74, 6) is 0.452. The molecule has 0 aliphatic heterocycles. The second-order valence-electron chi connectivity index (χ2n) is 6.12. The second-order valence-corrected chi connectivity index (χ2v) is 6.12. The maximum Gasteiger partial charge on any atom is 0.139 e. The molecule has 3 heteroatoms. The average Bonchev–Trinajstić information content (AvgIpc) is 2.76. The smallest absolute Gasteiger partial charge is 0.139 e. The number of furan rings is 1. The fraction of sp³-hybridized carbons (Fsp3) is 0.263. The van der Waals surface area contributed by atoms with Gasteiger partial charge in [0.15, 0.2) is 0 Å². The maximum atomic E-state index is 10.3. The molecule has 2 aromatic carbocycles. The lowest BCUT2D eigenvalue weighted by Crippen LogP contribution is -1.90. The first-order chi connectivity index (χ1) is 10.4. The van der Waals surface area contributed by atoms with E-state index in [-0.39, 0.29) is 11.5 Å². The van der Waals surface area contributed by atoms with Crippen molar-refractivity contribution in [2.75, 3.05) is 0 Å². The first-order valence-corrected chi connectivity index (χ1v) is 7.39. The van der Waals surface area contributed by atoms with Crippen LogP contribution >= 0.6 is 0 Å². The molecule has 0 saturated heterocycles. The van der Waals surface area contributed by atoms with Crippen molar-refractivity contribution in [3.63, 3.8) is 0 Å². The maximum absolute atomic E-state index is 10.3. The van der Waals surface area contributed by atoms with E-state index >= 15 is 0 Å². The van der Waals surface area contributed by atoms with Gasteiger partial charge in [-0.25, -0.2) is 0 Å². The number of allylic oxidation sites excluding steroid dienone is 2. The van der Waals surface area contributed by atoms with Crippen LogP contribution in [-0.4, -0.2) is 10.2 Å². The molecule has 0 saturated carbocycles. The standard InChI is InChI=1S/C19H20O3/c1-10(2)5-6-13-12(4)18-17(9-14(13)20)22-16-8-11(3)7-15(21)19(16)18/h5,7-9,20-21H,6H2,1-4H3. The van der Waals surface area contributed by atoms with Gasteiger partial charge in [-0.2, -0.15) is 0 Å². The fourth-order valence-electron chi connectivity index (χ4n) is 2.95. The molecule has 1 aromatic heterocycles. The lowest BCUT2D eigenvalue weighted by Gasteiger charge is -2.08. The first-order valence-electron chi connectivity index (χ1n) is 7.39. The molecule has 22 heavy (non-hydrogen) atoms. The SMILES string of the molecule is CC(C)=CCc1c(O)cc2oc3cc(C)cc(O)c3c2c1C. The Morgan fingerprint density at radius 3 is 2.36 bits per heavy atom. The summed E-state index contributed by atoms with van der Waals surface area (Å²) in [6, 6.07) is 5.28. The summed E-state index contributed by atoms with van der Waals surface area (Å²) >= 11 is 0. The van der Waals surface area contributed by atoms with Gasteiger partial charge in [-0.1, -0.05) is 11.6 Å². The molecule has 0 aliphatic rings. The molecule has 1 heterocycles. The molecule has 0 radical (unpaired) electrons. The lowest BCUT2D eigenvalue weighted by atomic mass is 9.97. The van der Waals surface area contributed by atoms with Gasteiger partial charge in [-0.05, 0) is 57.4 Å². The molecule has 2 N–H and O–H groups in total. The zero-order chi connectivity index (χ0) is 16.0. The van der Waals surface area contributed by atoms with Gasteiger partial charge in [0, 0.05) is 17.0 Å². The largest absolute Gasteiger partial charge is 0.508 e. The van der Waals surface area contributed by atoms with Gasteiger partial charge in [0.05, 0.1) is 5.39 Å². The van der Waals surface area contributed by atoms with Crippen molar-refractivity contribution in [1.82, 2.24) is 0 Å². The number of aromatic hydroxyl groups is 2. The van der Waals surface area contributed by atoms with Crippen LogP contribution in [0.5, 0.6) is 11.5 Å². The molecular weight excluding hydrogens is 276 g/mol. The molecule has 114 valence electrons. The van der Waals surface area contributed by atoms with E-state index in [9.17, 15) is 10.2 Å². The van der Waals surface area contributed by atoms with Gasteiger partial charge in [0.25, 0.3) is 0 Å². The summed E-state index contributed by atoms with van der Waals surface area (Å²) in [5, 5.41) is 22.2. The van der Waals surface area contributed by atoms with Crippen LogP contribution in [0.3, 0.4) is 0 Å². The van der Waals surface area contributed by atoms with Crippen molar-refractivity contribution in [1.29, 1.82) is 0 Å². The monoisotopic (exact) mass is 296 g/mol. The Balaban J connectivity index is 2.37. The van der Waals surface area contributed by atoms with Crippen LogP contribution < -0.4 is 0 Å². The van der Waals surface area contributed by atoms with Crippen molar-refractivity contribution in [3.8, 4) is 11.5 Å². The summed E-state index contributed by atoms with van der Waals surface area (Å²) in [4.78, 5) is 0. The highest BCUT2D eigenvalue weighted by molar-refractivity contribution is 6.10. The Bertz CT molecular complexity index is 910. The van der Waals surface area contributed by atoms with Crippen LogP contribution in [0.15, 0.2) is 34.3 Å². The molecule has 0 atom stereocenters. The molecule has 0 fully saturated rings. The van der Waals surface area contributed by atoms with Crippen LogP contribution in [0.2, 0.25) is 0 Å². The Morgan fingerprint density at radius 2 is 1.68 bits per heavy atom.